The molecule has 0 spiro atoms. The summed E-state index contributed by atoms with van der Waals surface area (Å²) in [5.41, 5.74) is -0.629. The molecule has 1 N–H and O–H groups in total. The van der Waals surface area contributed by atoms with Crippen molar-refractivity contribution in [1.82, 2.24) is 15.1 Å². The summed E-state index contributed by atoms with van der Waals surface area (Å²) in [6.07, 6.45) is 5.27. The maximum Gasteiger partial charge on any atom is 0.325 e. The molecule has 1 unspecified atom stereocenters. The molecule has 1 rings (SSSR count). The van der Waals surface area contributed by atoms with Crippen LogP contribution >= 0.6 is 0 Å². The number of esters is 1. The van der Waals surface area contributed by atoms with E-state index in [1.165, 1.54) is 7.11 Å². The van der Waals surface area contributed by atoms with Gasteiger partial charge in [0, 0.05) is 25.0 Å². The Hall–Kier alpha value is -1.36. The van der Waals surface area contributed by atoms with Crippen LogP contribution in [0.15, 0.2) is 18.5 Å². The lowest BCUT2D eigenvalue weighted by Crippen LogP contribution is -2.53. The van der Waals surface area contributed by atoms with Crippen LogP contribution in [0.5, 0.6) is 0 Å². The Balaban J connectivity index is 2.53. The van der Waals surface area contributed by atoms with Crippen molar-refractivity contribution in [2.24, 2.45) is 0 Å². The molecule has 0 bridgehead atoms. The summed E-state index contributed by atoms with van der Waals surface area (Å²) in [5.74, 6) is -0.211. The van der Waals surface area contributed by atoms with Crippen LogP contribution < -0.4 is 5.32 Å². The minimum Gasteiger partial charge on any atom is -0.468 e. The van der Waals surface area contributed by atoms with Gasteiger partial charge in [-0.05, 0) is 39.7 Å². The van der Waals surface area contributed by atoms with Gasteiger partial charge in [0.15, 0.2) is 0 Å². The Morgan fingerprint density at radius 3 is 2.78 bits per heavy atom. The smallest absolute Gasteiger partial charge is 0.325 e. The summed E-state index contributed by atoms with van der Waals surface area (Å²) in [7, 11) is 1.43. The Morgan fingerprint density at radius 1 is 1.56 bits per heavy atom. The number of nitrogens with zero attached hydrogens (tertiary/aromatic N) is 2. The summed E-state index contributed by atoms with van der Waals surface area (Å²) < 4.78 is 6.75. The summed E-state index contributed by atoms with van der Waals surface area (Å²) in [4.78, 5) is 11.9. The number of ether oxygens (including phenoxy) is 1. The van der Waals surface area contributed by atoms with Crippen LogP contribution in [0.1, 0.15) is 33.6 Å². The zero-order chi connectivity index (χ0) is 13.6. The molecule has 18 heavy (non-hydrogen) atoms. The van der Waals surface area contributed by atoms with Crippen molar-refractivity contribution < 1.29 is 9.53 Å². The molecule has 0 aliphatic carbocycles. The zero-order valence-corrected chi connectivity index (χ0v) is 11.6. The SMILES string of the molecule is COC(=O)C(C)(CCCn1cccn1)NC(C)C. The van der Waals surface area contributed by atoms with Gasteiger partial charge < -0.3 is 4.74 Å². The first-order chi connectivity index (χ1) is 8.48. The van der Waals surface area contributed by atoms with Gasteiger partial charge in [0.05, 0.1) is 7.11 Å². The average Bonchev–Trinajstić information content (AvgIpc) is 2.80. The van der Waals surface area contributed by atoms with E-state index in [0.717, 1.165) is 19.4 Å². The standard InChI is InChI=1S/C13H23N3O2/c1-11(2)15-13(3,12(17)18-4)7-5-9-16-10-6-8-14-16/h6,8,10-11,15H,5,7,9H2,1-4H3. The average molecular weight is 253 g/mol. The van der Waals surface area contributed by atoms with Crippen molar-refractivity contribution in [3.63, 3.8) is 0 Å². The molecule has 0 saturated carbocycles. The molecule has 0 saturated heterocycles. The summed E-state index contributed by atoms with van der Waals surface area (Å²) in [5, 5.41) is 7.42. The molecule has 0 aromatic carbocycles. The highest BCUT2D eigenvalue weighted by Gasteiger charge is 2.34. The first-order valence-electron chi connectivity index (χ1n) is 6.31. The lowest BCUT2D eigenvalue weighted by molar-refractivity contribution is -0.148. The second-order valence-corrected chi connectivity index (χ2v) is 5.00. The van der Waals surface area contributed by atoms with E-state index < -0.39 is 5.54 Å². The van der Waals surface area contributed by atoms with Crippen molar-refractivity contribution >= 4 is 5.97 Å². The molecule has 102 valence electrons. The molecule has 1 aromatic heterocycles. The minimum absolute atomic E-state index is 0.211. The number of rotatable bonds is 7. The van der Waals surface area contributed by atoms with Crippen LogP contribution in [0, 0.1) is 0 Å². The van der Waals surface area contributed by atoms with E-state index in [0.29, 0.717) is 0 Å². The van der Waals surface area contributed by atoms with Crippen molar-refractivity contribution in [1.29, 1.82) is 0 Å². The Morgan fingerprint density at radius 2 is 2.28 bits per heavy atom. The van der Waals surface area contributed by atoms with Crippen LogP contribution in [-0.2, 0) is 16.1 Å². The lowest BCUT2D eigenvalue weighted by Gasteiger charge is -2.30. The number of carbonyl (C=O) groups is 1. The fourth-order valence-electron chi connectivity index (χ4n) is 2.12. The second kappa shape index (κ2) is 6.54. The fraction of sp³-hybridized carbons (Fsp3) is 0.692. The van der Waals surface area contributed by atoms with Crippen LogP contribution in [0.2, 0.25) is 0 Å². The molecule has 0 aliphatic heterocycles. The third-order valence-electron chi connectivity index (χ3n) is 2.87. The molecule has 0 aliphatic rings. The number of aryl methyl sites for hydroxylation is 1. The van der Waals surface area contributed by atoms with E-state index in [9.17, 15) is 4.79 Å². The highest BCUT2D eigenvalue weighted by atomic mass is 16.5. The van der Waals surface area contributed by atoms with E-state index >= 15 is 0 Å². The number of carbonyl (C=O) groups excluding carboxylic acids is 1. The molecule has 0 amide bonds. The van der Waals surface area contributed by atoms with Crippen LogP contribution in [0.25, 0.3) is 0 Å². The van der Waals surface area contributed by atoms with E-state index in [-0.39, 0.29) is 12.0 Å². The molecule has 1 heterocycles. The first-order valence-corrected chi connectivity index (χ1v) is 6.31. The molecular weight excluding hydrogens is 230 g/mol. The fourth-order valence-corrected chi connectivity index (χ4v) is 2.12. The Kier molecular flexibility index (Phi) is 5.34. The normalized spacial score (nSPS) is 14.5. The van der Waals surface area contributed by atoms with Gasteiger partial charge in [-0.3, -0.25) is 14.8 Å². The number of aromatic nitrogens is 2. The van der Waals surface area contributed by atoms with E-state index in [4.69, 9.17) is 4.74 Å². The maximum absolute atomic E-state index is 11.9. The van der Waals surface area contributed by atoms with Crippen LogP contribution in [0.4, 0.5) is 0 Å². The first kappa shape index (κ1) is 14.7. The predicted molar refractivity (Wildman–Crippen MR) is 70.2 cm³/mol. The topological polar surface area (TPSA) is 56.2 Å². The molecule has 5 heteroatoms. The molecule has 1 aromatic rings. The molecule has 0 radical (unpaired) electrons. The van der Waals surface area contributed by atoms with Crippen molar-refractivity contribution in [3.8, 4) is 0 Å². The van der Waals surface area contributed by atoms with E-state index in [1.54, 1.807) is 6.20 Å². The third-order valence-corrected chi connectivity index (χ3v) is 2.87. The van der Waals surface area contributed by atoms with Crippen molar-refractivity contribution in [2.75, 3.05) is 7.11 Å². The van der Waals surface area contributed by atoms with Gasteiger partial charge >= 0.3 is 5.97 Å². The van der Waals surface area contributed by atoms with Crippen LogP contribution in [-0.4, -0.2) is 34.4 Å². The quantitative estimate of drug-likeness (QED) is 0.750. The van der Waals surface area contributed by atoms with E-state index in [1.807, 2.05) is 37.7 Å². The van der Waals surface area contributed by atoms with Crippen molar-refractivity contribution in [3.05, 3.63) is 18.5 Å². The predicted octanol–water partition coefficient (Wildman–Crippen LogP) is 1.59. The van der Waals surface area contributed by atoms with Gasteiger partial charge in [-0.25, -0.2) is 0 Å². The minimum atomic E-state index is -0.629. The molecule has 1 atom stereocenters. The van der Waals surface area contributed by atoms with Gasteiger partial charge in [0.25, 0.3) is 0 Å². The lowest BCUT2D eigenvalue weighted by atomic mass is 9.95. The van der Waals surface area contributed by atoms with Crippen molar-refractivity contribution in [2.45, 2.75) is 51.7 Å². The summed E-state index contributed by atoms with van der Waals surface area (Å²) in [6, 6.07) is 2.13. The van der Waals surface area contributed by atoms with Gasteiger partial charge in [-0.1, -0.05) is 0 Å². The third kappa shape index (κ3) is 4.14. The molecule has 5 nitrogen and oxygen atoms in total. The molecular formula is C13H23N3O2. The highest BCUT2D eigenvalue weighted by molar-refractivity contribution is 5.80. The number of methoxy groups -OCH3 is 1. The monoisotopic (exact) mass is 253 g/mol. The highest BCUT2D eigenvalue weighted by Crippen LogP contribution is 2.16. The van der Waals surface area contributed by atoms with E-state index in [2.05, 4.69) is 10.4 Å². The van der Waals surface area contributed by atoms with Gasteiger partial charge in [-0.2, -0.15) is 5.10 Å². The Labute approximate surface area is 109 Å². The van der Waals surface area contributed by atoms with Gasteiger partial charge in [-0.15, -0.1) is 0 Å². The number of hydrogen-bond acceptors (Lipinski definition) is 4. The number of nitrogens with one attached hydrogen (secondary N) is 1. The Bertz CT molecular complexity index is 362. The van der Waals surface area contributed by atoms with Gasteiger partial charge in [0.1, 0.15) is 5.54 Å². The largest absolute Gasteiger partial charge is 0.468 e. The zero-order valence-electron chi connectivity index (χ0n) is 11.6. The summed E-state index contributed by atoms with van der Waals surface area (Å²) >= 11 is 0. The number of hydrogen-bond donors (Lipinski definition) is 1. The maximum atomic E-state index is 11.9. The van der Waals surface area contributed by atoms with Gasteiger partial charge in [0.2, 0.25) is 0 Å². The van der Waals surface area contributed by atoms with Crippen LogP contribution in [0.3, 0.4) is 0 Å². The molecule has 0 fully saturated rings. The second-order valence-electron chi connectivity index (χ2n) is 5.00. The summed E-state index contributed by atoms with van der Waals surface area (Å²) in [6.45, 7) is 6.74.